The van der Waals surface area contributed by atoms with Gasteiger partial charge in [-0.1, -0.05) is 19.9 Å². The summed E-state index contributed by atoms with van der Waals surface area (Å²) in [5.41, 5.74) is 0.746. The van der Waals surface area contributed by atoms with E-state index in [0.717, 1.165) is 5.82 Å². The van der Waals surface area contributed by atoms with Crippen LogP contribution in [0.3, 0.4) is 0 Å². The van der Waals surface area contributed by atoms with Gasteiger partial charge in [0.15, 0.2) is 11.6 Å². The van der Waals surface area contributed by atoms with Crippen molar-refractivity contribution in [1.29, 1.82) is 0 Å². The van der Waals surface area contributed by atoms with Crippen molar-refractivity contribution in [3.05, 3.63) is 66.8 Å². The van der Waals surface area contributed by atoms with E-state index in [1.54, 1.807) is 28.9 Å². The maximum atomic E-state index is 13.4. The van der Waals surface area contributed by atoms with Gasteiger partial charge in [0, 0.05) is 44.6 Å². The number of ether oxygens (including phenoxy) is 1. The number of carbonyl (C=O) groups excluding carboxylic acids is 2. The molecule has 0 unspecified atom stereocenters. The Morgan fingerprint density at radius 1 is 1.00 bits per heavy atom. The van der Waals surface area contributed by atoms with Crippen molar-refractivity contribution in [2.75, 3.05) is 38.2 Å². The van der Waals surface area contributed by atoms with Crippen molar-refractivity contribution < 1.29 is 14.3 Å². The van der Waals surface area contributed by atoms with Gasteiger partial charge in [0.2, 0.25) is 0 Å². The number of aromatic amines is 1. The fourth-order valence-electron chi connectivity index (χ4n) is 4.65. The molecule has 5 aromatic rings. The highest BCUT2D eigenvalue weighted by Crippen LogP contribution is 2.32. The minimum atomic E-state index is -0.617. The highest BCUT2D eigenvalue weighted by atomic mass is 16.5. The second kappa shape index (κ2) is 11.4. The number of anilines is 1. The monoisotopic (exact) mass is 542 g/mol. The first-order valence-corrected chi connectivity index (χ1v) is 13.0. The molecule has 0 atom stereocenters. The summed E-state index contributed by atoms with van der Waals surface area (Å²) in [4.78, 5) is 46.5. The van der Waals surface area contributed by atoms with Crippen LogP contribution >= 0.6 is 0 Å². The molecule has 6 heterocycles. The lowest BCUT2D eigenvalue weighted by Crippen LogP contribution is -2.51. The number of amides is 1. The van der Waals surface area contributed by atoms with Gasteiger partial charge in [-0.05, 0) is 19.1 Å². The van der Waals surface area contributed by atoms with Crippen LogP contribution in [0.15, 0.2) is 55.4 Å². The Kier molecular flexibility index (Phi) is 7.53. The fraction of sp³-hybridized carbons (Fsp3) is 0.296. The molecule has 6 rings (SSSR count). The summed E-state index contributed by atoms with van der Waals surface area (Å²) < 4.78 is 8.76. The van der Waals surface area contributed by atoms with Gasteiger partial charge in [0.05, 0.1) is 36.0 Å². The number of H-pyrrole nitrogens is 1. The van der Waals surface area contributed by atoms with Crippen molar-refractivity contribution in [1.82, 2.24) is 44.4 Å². The van der Waals surface area contributed by atoms with E-state index in [2.05, 4.69) is 35.0 Å². The van der Waals surface area contributed by atoms with Crippen LogP contribution in [0.4, 0.5) is 5.82 Å². The summed E-state index contributed by atoms with van der Waals surface area (Å²) in [6, 6.07) is 7.55. The number of methoxy groups -OCH3 is 1. The van der Waals surface area contributed by atoms with Crippen molar-refractivity contribution in [3.8, 4) is 17.4 Å². The lowest BCUT2D eigenvalue weighted by Gasteiger charge is -2.35. The molecule has 0 saturated carbocycles. The van der Waals surface area contributed by atoms with Gasteiger partial charge >= 0.3 is 0 Å². The number of nitrogens with one attached hydrogen (secondary N) is 1. The number of pyridine rings is 2. The number of hydrogen-bond donors (Lipinski definition) is 1. The van der Waals surface area contributed by atoms with E-state index in [0.29, 0.717) is 60.3 Å². The smallest absolute Gasteiger partial charge is 0.295 e. The van der Waals surface area contributed by atoms with Crippen LogP contribution in [0.2, 0.25) is 0 Å². The SMILES string of the molecule is CC.COc1cnc(-n2cnc(C)n2)c2[nH]cc(C(=O)C(=O)N3CCN(c4ccnn4-c4ccccn4)CC3)c12. The molecule has 40 heavy (non-hydrogen) atoms. The zero-order valence-corrected chi connectivity index (χ0v) is 22.8. The molecule has 5 aromatic heterocycles. The Labute approximate surface area is 230 Å². The zero-order valence-electron chi connectivity index (χ0n) is 22.8. The first-order chi connectivity index (χ1) is 19.5. The van der Waals surface area contributed by atoms with Crippen LogP contribution in [-0.2, 0) is 4.79 Å². The quantitative estimate of drug-likeness (QED) is 0.253. The number of nitrogens with zero attached hydrogens (tertiary/aromatic N) is 9. The van der Waals surface area contributed by atoms with Crippen molar-refractivity contribution >= 4 is 28.4 Å². The molecule has 13 heteroatoms. The third kappa shape index (κ3) is 4.77. The highest BCUT2D eigenvalue weighted by molar-refractivity contribution is 6.45. The van der Waals surface area contributed by atoms with Crippen LogP contribution < -0.4 is 9.64 Å². The number of fused-ring (bicyclic) bond motifs is 1. The lowest BCUT2D eigenvalue weighted by molar-refractivity contribution is -0.126. The summed E-state index contributed by atoms with van der Waals surface area (Å²) in [7, 11) is 1.49. The summed E-state index contributed by atoms with van der Waals surface area (Å²) in [6.07, 6.45) is 8.00. The average molecular weight is 543 g/mol. The largest absolute Gasteiger partial charge is 0.494 e. The molecule has 206 valence electrons. The second-order valence-corrected chi connectivity index (χ2v) is 8.74. The van der Waals surface area contributed by atoms with Gasteiger partial charge in [-0.15, -0.1) is 0 Å². The first-order valence-electron chi connectivity index (χ1n) is 13.0. The summed E-state index contributed by atoms with van der Waals surface area (Å²) in [5, 5.41) is 9.18. The number of piperazine rings is 1. The van der Waals surface area contributed by atoms with Gasteiger partial charge in [-0.3, -0.25) is 9.59 Å². The maximum Gasteiger partial charge on any atom is 0.295 e. The molecule has 0 radical (unpaired) electrons. The third-order valence-electron chi connectivity index (χ3n) is 6.52. The van der Waals surface area contributed by atoms with Crippen LogP contribution in [0.25, 0.3) is 22.5 Å². The zero-order chi connectivity index (χ0) is 28.2. The molecule has 1 aliphatic heterocycles. The number of aryl methyl sites for hydroxylation is 1. The van der Waals surface area contributed by atoms with Gasteiger partial charge in [-0.2, -0.15) is 14.9 Å². The molecular formula is C27H30N10O3. The number of carbonyl (C=O) groups is 2. The van der Waals surface area contributed by atoms with E-state index < -0.39 is 11.7 Å². The van der Waals surface area contributed by atoms with E-state index in [-0.39, 0.29) is 5.56 Å². The van der Waals surface area contributed by atoms with E-state index in [9.17, 15) is 9.59 Å². The molecule has 0 bridgehead atoms. The Morgan fingerprint density at radius 3 is 2.48 bits per heavy atom. The van der Waals surface area contributed by atoms with Crippen molar-refractivity contribution in [2.45, 2.75) is 20.8 Å². The Bertz CT molecular complexity index is 1630. The van der Waals surface area contributed by atoms with Gasteiger partial charge in [0.25, 0.3) is 11.7 Å². The molecule has 1 N–H and O–H groups in total. The second-order valence-electron chi connectivity index (χ2n) is 8.74. The van der Waals surface area contributed by atoms with Crippen LogP contribution in [0, 0.1) is 6.92 Å². The minimum absolute atomic E-state index is 0.220. The van der Waals surface area contributed by atoms with Gasteiger partial charge in [0.1, 0.15) is 23.7 Å². The molecule has 0 aliphatic carbocycles. The van der Waals surface area contributed by atoms with Crippen molar-refractivity contribution in [2.24, 2.45) is 0 Å². The molecule has 1 fully saturated rings. The van der Waals surface area contributed by atoms with Crippen LogP contribution in [0.5, 0.6) is 5.75 Å². The number of aromatic nitrogens is 8. The van der Waals surface area contributed by atoms with Gasteiger partial charge in [-0.25, -0.2) is 19.6 Å². The standard InChI is InChI=1S/C25H24N10O3.C2H6/c1-16-29-15-34(31-16)24-22-21(18(38-2)14-28-24)17(13-27-22)23(36)25(37)33-11-9-32(10-12-33)20-6-8-30-35(20)19-5-3-4-7-26-19;1-2/h3-8,13-15,27H,9-12H2,1-2H3;1-2H3. The molecule has 0 aromatic carbocycles. The molecule has 1 aliphatic rings. The molecule has 13 nitrogen and oxygen atoms in total. The summed E-state index contributed by atoms with van der Waals surface area (Å²) >= 11 is 0. The Morgan fingerprint density at radius 2 is 1.80 bits per heavy atom. The third-order valence-corrected chi connectivity index (χ3v) is 6.52. The predicted molar refractivity (Wildman–Crippen MR) is 148 cm³/mol. The van der Waals surface area contributed by atoms with Crippen molar-refractivity contribution in [3.63, 3.8) is 0 Å². The summed E-state index contributed by atoms with van der Waals surface area (Å²) in [5.74, 6) is 1.82. The number of ketones is 1. The maximum absolute atomic E-state index is 13.4. The number of rotatable bonds is 6. The van der Waals surface area contributed by atoms with E-state index in [4.69, 9.17) is 4.74 Å². The predicted octanol–water partition coefficient (Wildman–Crippen LogP) is 2.60. The average Bonchev–Trinajstić information content (AvgIpc) is 3.78. The van der Waals surface area contributed by atoms with Crippen LogP contribution in [0.1, 0.15) is 30.0 Å². The van der Waals surface area contributed by atoms with E-state index in [1.165, 1.54) is 30.5 Å². The van der Waals surface area contributed by atoms with Crippen LogP contribution in [-0.4, -0.2) is 89.4 Å². The topological polar surface area (TPSA) is 140 Å². The normalized spacial score (nSPS) is 13.2. The molecule has 1 amide bonds. The van der Waals surface area contributed by atoms with Gasteiger partial charge < -0.3 is 19.5 Å². The molecule has 0 spiro atoms. The number of Topliss-reactive ketones (excluding diaryl/α,β-unsaturated/α-hetero) is 1. The fourth-order valence-corrected chi connectivity index (χ4v) is 4.65. The molecular weight excluding hydrogens is 512 g/mol. The highest BCUT2D eigenvalue weighted by Gasteiger charge is 2.31. The lowest BCUT2D eigenvalue weighted by atomic mass is 10.1. The number of hydrogen-bond acceptors (Lipinski definition) is 9. The Balaban J connectivity index is 0.00000158. The minimum Gasteiger partial charge on any atom is -0.494 e. The van der Waals surface area contributed by atoms with E-state index >= 15 is 0 Å². The molecule has 1 saturated heterocycles. The summed E-state index contributed by atoms with van der Waals surface area (Å²) in [6.45, 7) is 7.65. The Hall–Kier alpha value is -5.07. The first kappa shape index (κ1) is 26.5. The van der Waals surface area contributed by atoms with E-state index in [1.807, 2.05) is 38.1 Å².